The van der Waals surface area contributed by atoms with Crippen LogP contribution in [0.15, 0.2) is 18.2 Å². The zero-order valence-electron chi connectivity index (χ0n) is 11.3. The van der Waals surface area contributed by atoms with Crippen LogP contribution in [0.3, 0.4) is 0 Å². The third-order valence-corrected chi connectivity index (χ3v) is 3.55. The van der Waals surface area contributed by atoms with Gasteiger partial charge in [0.2, 0.25) is 0 Å². The number of carbonyl (C=O) groups excluding carboxylic acids is 1. The summed E-state index contributed by atoms with van der Waals surface area (Å²) < 4.78 is 0. The van der Waals surface area contributed by atoms with Crippen molar-refractivity contribution in [3.8, 4) is 5.75 Å². The number of aromatic hydroxyl groups is 1. The number of hydrogen-bond donors (Lipinski definition) is 3. The Hall–Kier alpha value is -2.24. The molecule has 1 aliphatic heterocycles. The summed E-state index contributed by atoms with van der Waals surface area (Å²) in [5, 5.41) is 21.0. The lowest BCUT2D eigenvalue weighted by Gasteiger charge is -2.30. The molecule has 0 aliphatic carbocycles. The smallest absolute Gasteiger partial charge is 0.339 e. The van der Waals surface area contributed by atoms with E-state index in [-0.39, 0.29) is 17.3 Å². The summed E-state index contributed by atoms with van der Waals surface area (Å²) in [6.07, 6.45) is 1.95. The predicted molar refractivity (Wildman–Crippen MR) is 74.1 cm³/mol. The summed E-state index contributed by atoms with van der Waals surface area (Å²) in [4.78, 5) is 24.7. The highest BCUT2D eigenvalue weighted by Crippen LogP contribution is 2.22. The first-order valence-corrected chi connectivity index (χ1v) is 6.59. The number of likely N-dealkylation sites (tertiary alicyclic amines) is 1. The number of urea groups is 1. The summed E-state index contributed by atoms with van der Waals surface area (Å²) in [6.45, 7) is 3.57. The minimum absolute atomic E-state index is 0.227. The van der Waals surface area contributed by atoms with E-state index in [0.717, 1.165) is 12.8 Å². The molecule has 0 bridgehead atoms. The summed E-state index contributed by atoms with van der Waals surface area (Å²) in [7, 11) is 0. The lowest BCUT2D eigenvalue weighted by Crippen LogP contribution is -2.40. The van der Waals surface area contributed by atoms with E-state index in [2.05, 4.69) is 12.2 Å². The van der Waals surface area contributed by atoms with Gasteiger partial charge in [0, 0.05) is 18.8 Å². The molecular weight excluding hydrogens is 260 g/mol. The first kappa shape index (κ1) is 14.2. The number of aromatic carboxylic acids is 1. The third kappa shape index (κ3) is 3.20. The first-order chi connectivity index (χ1) is 9.47. The van der Waals surface area contributed by atoms with Gasteiger partial charge in [0.15, 0.2) is 0 Å². The second-order valence-corrected chi connectivity index (χ2v) is 5.14. The fourth-order valence-corrected chi connectivity index (χ4v) is 2.20. The number of rotatable bonds is 2. The largest absolute Gasteiger partial charge is 0.507 e. The van der Waals surface area contributed by atoms with Crippen LogP contribution in [0.2, 0.25) is 0 Å². The number of amides is 2. The number of anilines is 1. The molecule has 6 nitrogen and oxygen atoms in total. The number of carbonyl (C=O) groups is 2. The number of piperidine rings is 1. The number of phenols is 1. The molecule has 1 fully saturated rings. The van der Waals surface area contributed by atoms with E-state index in [4.69, 9.17) is 5.11 Å². The van der Waals surface area contributed by atoms with E-state index in [1.54, 1.807) is 4.90 Å². The fraction of sp³-hybridized carbons (Fsp3) is 0.429. The van der Waals surface area contributed by atoms with Gasteiger partial charge in [-0.25, -0.2) is 9.59 Å². The maximum absolute atomic E-state index is 12.0. The van der Waals surface area contributed by atoms with Crippen LogP contribution in [0, 0.1) is 5.92 Å². The van der Waals surface area contributed by atoms with Crippen LogP contribution in [0.4, 0.5) is 10.5 Å². The molecule has 1 aliphatic rings. The van der Waals surface area contributed by atoms with Gasteiger partial charge in [-0.2, -0.15) is 0 Å². The average Bonchev–Trinajstić information content (AvgIpc) is 2.41. The van der Waals surface area contributed by atoms with E-state index in [1.165, 1.54) is 18.2 Å². The van der Waals surface area contributed by atoms with Gasteiger partial charge in [0.25, 0.3) is 0 Å². The van der Waals surface area contributed by atoms with Crippen LogP contribution in [-0.4, -0.2) is 40.2 Å². The number of nitrogens with zero attached hydrogens (tertiary/aromatic N) is 1. The Morgan fingerprint density at radius 3 is 2.55 bits per heavy atom. The van der Waals surface area contributed by atoms with Crippen molar-refractivity contribution in [3.63, 3.8) is 0 Å². The van der Waals surface area contributed by atoms with E-state index >= 15 is 0 Å². The van der Waals surface area contributed by atoms with E-state index in [9.17, 15) is 14.7 Å². The van der Waals surface area contributed by atoms with Gasteiger partial charge in [-0.3, -0.25) is 0 Å². The molecular formula is C14H18N2O4. The molecule has 1 saturated heterocycles. The Balaban J connectivity index is 2.04. The molecule has 20 heavy (non-hydrogen) atoms. The lowest BCUT2D eigenvalue weighted by molar-refractivity contribution is 0.0693. The first-order valence-electron chi connectivity index (χ1n) is 6.59. The molecule has 1 heterocycles. The molecule has 6 heteroatoms. The Morgan fingerprint density at radius 1 is 1.30 bits per heavy atom. The van der Waals surface area contributed by atoms with Crippen molar-refractivity contribution in [1.29, 1.82) is 0 Å². The molecule has 2 rings (SSSR count). The van der Waals surface area contributed by atoms with Crippen LogP contribution in [0.25, 0.3) is 0 Å². The topological polar surface area (TPSA) is 89.9 Å². The number of hydrogen-bond acceptors (Lipinski definition) is 3. The highest BCUT2D eigenvalue weighted by atomic mass is 16.4. The fourth-order valence-electron chi connectivity index (χ4n) is 2.20. The number of carboxylic acid groups (broad SMARTS) is 1. The normalized spacial score (nSPS) is 15.9. The second-order valence-electron chi connectivity index (χ2n) is 5.14. The molecule has 0 atom stereocenters. The zero-order valence-corrected chi connectivity index (χ0v) is 11.3. The Morgan fingerprint density at radius 2 is 1.95 bits per heavy atom. The molecule has 0 unspecified atom stereocenters. The van der Waals surface area contributed by atoms with Crippen LogP contribution >= 0.6 is 0 Å². The maximum Gasteiger partial charge on any atom is 0.339 e. The van der Waals surface area contributed by atoms with Crippen molar-refractivity contribution < 1.29 is 19.8 Å². The number of benzene rings is 1. The summed E-state index contributed by atoms with van der Waals surface area (Å²) in [5.41, 5.74) is 0.138. The van der Waals surface area contributed by atoms with Crippen molar-refractivity contribution in [1.82, 2.24) is 4.90 Å². The predicted octanol–water partition coefficient (Wildman–Crippen LogP) is 2.35. The zero-order chi connectivity index (χ0) is 14.7. The number of carboxylic acids is 1. The maximum atomic E-state index is 12.0. The van der Waals surface area contributed by atoms with E-state index < -0.39 is 5.97 Å². The Kier molecular flexibility index (Phi) is 4.12. The van der Waals surface area contributed by atoms with Gasteiger partial charge in [0.1, 0.15) is 11.3 Å². The SMILES string of the molecule is CC1CCN(C(=O)Nc2ccc(O)c(C(=O)O)c2)CC1. The molecule has 1 aromatic rings. The lowest BCUT2D eigenvalue weighted by atomic mass is 10.00. The average molecular weight is 278 g/mol. The van der Waals surface area contributed by atoms with Crippen LogP contribution in [-0.2, 0) is 0 Å². The Bertz CT molecular complexity index is 522. The van der Waals surface area contributed by atoms with Crippen molar-refractivity contribution in [3.05, 3.63) is 23.8 Å². The van der Waals surface area contributed by atoms with E-state index in [1.807, 2.05) is 0 Å². The van der Waals surface area contributed by atoms with Crippen molar-refractivity contribution in [2.45, 2.75) is 19.8 Å². The molecule has 0 radical (unpaired) electrons. The second kappa shape index (κ2) is 5.81. The van der Waals surface area contributed by atoms with Gasteiger partial charge >= 0.3 is 12.0 Å². The summed E-state index contributed by atoms with van der Waals surface area (Å²) in [6, 6.07) is 3.75. The van der Waals surface area contributed by atoms with Crippen LogP contribution in [0.1, 0.15) is 30.1 Å². The van der Waals surface area contributed by atoms with E-state index in [0.29, 0.717) is 24.7 Å². The monoisotopic (exact) mass is 278 g/mol. The highest BCUT2D eigenvalue weighted by Gasteiger charge is 2.20. The number of nitrogens with one attached hydrogen (secondary N) is 1. The van der Waals surface area contributed by atoms with Gasteiger partial charge in [-0.15, -0.1) is 0 Å². The molecule has 0 spiro atoms. The standard InChI is InChI=1S/C14H18N2O4/c1-9-4-6-16(7-5-9)14(20)15-10-2-3-12(17)11(8-10)13(18)19/h2-3,8-9,17H,4-7H2,1H3,(H,15,20)(H,18,19). The van der Waals surface area contributed by atoms with Gasteiger partial charge < -0.3 is 20.4 Å². The molecule has 0 saturated carbocycles. The quantitative estimate of drug-likeness (QED) is 0.724. The molecule has 2 amide bonds. The highest BCUT2D eigenvalue weighted by molar-refractivity contribution is 5.95. The third-order valence-electron chi connectivity index (χ3n) is 3.55. The molecule has 108 valence electrons. The van der Waals surface area contributed by atoms with Crippen molar-refractivity contribution >= 4 is 17.7 Å². The molecule has 1 aromatic carbocycles. The van der Waals surface area contributed by atoms with Crippen LogP contribution < -0.4 is 5.32 Å². The summed E-state index contributed by atoms with van der Waals surface area (Å²) >= 11 is 0. The Labute approximate surface area is 117 Å². The van der Waals surface area contributed by atoms with Gasteiger partial charge in [0.05, 0.1) is 0 Å². The molecule has 3 N–H and O–H groups in total. The summed E-state index contributed by atoms with van der Waals surface area (Å²) in [5.74, 6) is -0.918. The van der Waals surface area contributed by atoms with Crippen molar-refractivity contribution in [2.75, 3.05) is 18.4 Å². The minimum Gasteiger partial charge on any atom is -0.507 e. The van der Waals surface area contributed by atoms with Crippen LogP contribution in [0.5, 0.6) is 5.75 Å². The van der Waals surface area contributed by atoms with Crippen molar-refractivity contribution in [2.24, 2.45) is 5.92 Å². The van der Waals surface area contributed by atoms with Gasteiger partial charge in [-0.1, -0.05) is 6.92 Å². The molecule has 0 aromatic heterocycles. The van der Waals surface area contributed by atoms with Gasteiger partial charge in [-0.05, 0) is 37.0 Å². The minimum atomic E-state index is -1.23.